The van der Waals surface area contributed by atoms with E-state index in [-0.39, 0.29) is 0 Å². The van der Waals surface area contributed by atoms with Crippen LogP contribution in [0, 0.1) is 12.8 Å². The van der Waals surface area contributed by atoms with Gasteiger partial charge in [-0.25, -0.2) is 0 Å². The average molecular weight is 290 g/mol. The van der Waals surface area contributed by atoms with Gasteiger partial charge in [-0.2, -0.15) is 5.10 Å². The van der Waals surface area contributed by atoms with E-state index in [4.69, 9.17) is 0 Å². The standard InChI is InChI=1S/C17H30N4/c1-13(18-10-16-11-19-20(3)14(16)2)15-6-5-9-21(12-15)17-7-4-8-17/h11,13,15,17-18H,4-10,12H2,1-3H3/t13-,15-/m0/s1. The molecule has 2 aliphatic rings. The van der Waals surface area contributed by atoms with Crippen LogP contribution in [0.25, 0.3) is 0 Å². The first-order valence-electron chi connectivity index (χ1n) is 8.60. The fourth-order valence-electron chi connectivity index (χ4n) is 3.69. The van der Waals surface area contributed by atoms with Gasteiger partial charge in [-0.3, -0.25) is 4.68 Å². The van der Waals surface area contributed by atoms with Crippen LogP contribution in [0.5, 0.6) is 0 Å². The zero-order chi connectivity index (χ0) is 14.8. The van der Waals surface area contributed by atoms with Gasteiger partial charge < -0.3 is 10.2 Å². The quantitative estimate of drug-likeness (QED) is 0.904. The summed E-state index contributed by atoms with van der Waals surface area (Å²) in [6.45, 7) is 8.08. The van der Waals surface area contributed by atoms with Crippen molar-refractivity contribution in [2.24, 2.45) is 13.0 Å². The van der Waals surface area contributed by atoms with Gasteiger partial charge in [0.15, 0.2) is 0 Å². The summed E-state index contributed by atoms with van der Waals surface area (Å²) in [7, 11) is 2.01. The van der Waals surface area contributed by atoms with Gasteiger partial charge in [0.2, 0.25) is 0 Å². The maximum absolute atomic E-state index is 4.33. The third-order valence-corrected chi connectivity index (χ3v) is 5.74. The van der Waals surface area contributed by atoms with Crippen molar-refractivity contribution in [1.29, 1.82) is 0 Å². The molecule has 2 heterocycles. The number of hydrogen-bond acceptors (Lipinski definition) is 3. The highest BCUT2D eigenvalue weighted by atomic mass is 15.3. The normalized spacial score (nSPS) is 25.8. The van der Waals surface area contributed by atoms with E-state index < -0.39 is 0 Å². The van der Waals surface area contributed by atoms with E-state index in [2.05, 4.69) is 29.2 Å². The van der Waals surface area contributed by atoms with E-state index in [9.17, 15) is 0 Å². The summed E-state index contributed by atoms with van der Waals surface area (Å²) in [6, 6.07) is 1.49. The third kappa shape index (κ3) is 3.32. The van der Waals surface area contributed by atoms with Crippen molar-refractivity contribution >= 4 is 0 Å². The molecule has 4 heteroatoms. The van der Waals surface area contributed by atoms with E-state index in [1.54, 1.807) is 0 Å². The number of rotatable bonds is 5. The Bertz CT molecular complexity index is 463. The molecule has 118 valence electrons. The highest BCUT2D eigenvalue weighted by molar-refractivity contribution is 5.15. The molecular weight excluding hydrogens is 260 g/mol. The van der Waals surface area contributed by atoms with Crippen molar-refractivity contribution in [3.63, 3.8) is 0 Å². The van der Waals surface area contributed by atoms with E-state index in [0.717, 1.165) is 18.5 Å². The molecule has 0 amide bonds. The Morgan fingerprint density at radius 3 is 2.76 bits per heavy atom. The third-order valence-electron chi connectivity index (χ3n) is 5.74. The number of hydrogen-bond donors (Lipinski definition) is 1. The average Bonchev–Trinajstić information content (AvgIpc) is 2.75. The van der Waals surface area contributed by atoms with Crippen LogP contribution < -0.4 is 5.32 Å². The van der Waals surface area contributed by atoms with Crippen LogP contribution >= 0.6 is 0 Å². The molecule has 21 heavy (non-hydrogen) atoms. The molecule has 0 unspecified atom stereocenters. The molecule has 3 rings (SSSR count). The lowest BCUT2D eigenvalue weighted by Gasteiger charge is -2.44. The van der Waals surface area contributed by atoms with Crippen molar-refractivity contribution in [1.82, 2.24) is 20.0 Å². The Kier molecular flexibility index (Phi) is 4.65. The molecule has 0 aromatic carbocycles. The predicted molar refractivity (Wildman–Crippen MR) is 86.2 cm³/mol. The van der Waals surface area contributed by atoms with Gasteiger partial charge in [0.1, 0.15) is 0 Å². The molecule has 1 aromatic rings. The molecule has 1 aliphatic heterocycles. The SMILES string of the molecule is Cc1c(CN[C@@H](C)[C@H]2CCCN(C3CCC3)C2)cnn1C. The lowest BCUT2D eigenvalue weighted by Crippen LogP contribution is -2.49. The zero-order valence-corrected chi connectivity index (χ0v) is 13.8. The molecule has 1 aliphatic carbocycles. The maximum atomic E-state index is 4.33. The lowest BCUT2D eigenvalue weighted by molar-refractivity contribution is 0.0665. The molecule has 1 saturated carbocycles. The summed E-state index contributed by atoms with van der Waals surface area (Å²) >= 11 is 0. The number of likely N-dealkylation sites (tertiary alicyclic amines) is 1. The van der Waals surface area contributed by atoms with Crippen LogP contribution in [0.2, 0.25) is 0 Å². The highest BCUT2D eigenvalue weighted by Gasteiger charge is 2.31. The minimum absolute atomic E-state index is 0.590. The van der Waals surface area contributed by atoms with E-state index in [0.29, 0.717) is 6.04 Å². The highest BCUT2D eigenvalue weighted by Crippen LogP contribution is 2.30. The first kappa shape index (κ1) is 15.0. The topological polar surface area (TPSA) is 33.1 Å². The summed E-state index contributed by atoms with van der Waals surface area (Å²) in [4.78, 5) is 2.76. The molecule has 1 aromatic heterocycles. The second-order valence-corrected chi connectivity index (χ2v) is 7.03. The largest absolute Gasteiger partial charge is 0.310 e. The predicted octanol–water partition coefficient (Wildman–Crippen LogP) is 2.47. The van der Waals surface area contributed by atoms with Crippen molar-refractivity contribution in [2.45, 2.75) is 64.6 Å². The maximum Gasteiger partial charge on any atom is 0.0537 e. The van der Waals surface area contributed by atoms with Crippen LogP contribution in [0.4, 0.5) is 0 Å². The first-order valence-corrected chi connectivity index (χ1v) is 8.60. The second-order valence-electron chi connectivity index (χ2n) is 7.03. The minimum Gasteiger partial charge on any atom is -0.310 e. The summed E-state index contributed by atoms with van der Waals surface area (Å²) < 4.78 is 1.96. The van der Waals surface area contributed by atoms with Gasteiger partial charge in [-0.15, -0.1) is 0 Å². The van der Waals surface area contributed by atoms with Gasteiger partial charge in [0.05, 0.1) is 6.20 Å². The summed E-state index contributed by atoms with van der Waals surface area (Å²) in [5.74, 6) is 0.802. The Morgan fingerprint density at radius 2 is 2.14 bits per heavy atom. The monoisotopic (exact) mass is 290 g/mol. The van der Waals surface area contributed by atoms with E-state index in [1.165, 1.54) is 56.5 Å². The zero-order valence-electron chi connectivity index (χ0n) is 13.8. The van der Waals surface area contributed by atoms with Crippen LogP contribution in [-0.2, 0) is 13.6 Å². The van der Waals surface area contributed by atoms with Crippen molar-refractivity contribution in [2.75, 3.05) is 13.1 Å². The lowest BCUT2D eigenvalue weighted by atomic mass is 9.85. The van der Waals surface area contributed by atoms with Crippen LogP contribution in [0.3, 0.4) is 0 Å². The first-order chi connectivity index (χ1) is 10.1. The summed E-state index contributed by atoms with van der Waals surface area (Å²) in [5, 5.41) is 8.07. The molecule has 2 atom stereocenters. The smallest absolute Gasteiger partial charge is 0.0537 e. The van der Waals surface area contributed by atoms with Gasteiger partial charge in [0.25, 0.3) is 0 Å². The number of nitrogens with zero attached hydrogens (tertiary/aromatic N) is 3. The Hall–Kier alpha value is -0.870. The molecule has 4 nitrogen and oxygen atoms in total. The van der Waals surface area contributed by atoms with Crippen LogP contribution in [0.15, 0.2) is 6.20 Å². The van der Waals surface area contributed by atoms with Crippen LogP contribution in [0.1, 0.15) is 50.3 Å². The van der Waals surface area contributed by atoms with Gasteiger partial charge in [0, 0.05) is 43.5 Å². The number of aromatic nitrogens is 2. The summed E-state index contributed by atoms with van der Waals surface area (Å²) in [6.07, 6.45) is 9.06. The molecule has 0 bridgehead atoms. The fraction of sp³-hybridized carbons (Fsp3) is 0.824. The molecular formula is C17H30N4. The molecule has 1 N–H and O–H groups in total. The number of aryl methyl sites for hydroxylation is 1. The number of nitrogens with one attached hydrogen (secondary N) is 1. The fourth-order valence-corrected chi connectivity index (χ4v) is 3.69. The molecule has 1 saturated heterocycles. The van der Waals surface area contributed by atoms with Gasteiger partial charge >= 0.3 is 0 Å². The van der Waals surface area contributed by atoms with Crippen molar-refractivity contribution in [3.8, 4) is 0 Å². The second kappa shape index (κ2) is 6.49. The van der Waals surface area contributed by atoms with E-state index >= 15 is 0 Å². The van der Waals surface area contributed by atoms with Gasteiger partial charge in [-0.05, 0) is 52.0 Å². The molecule has 0 spiro atoms. The molecule has 0 radical (unpaired) electrons. The number of piperidine rings is 1. The Balaban J connectivity index is 1.50. The van der Waals surface area contributed by atoms with E-state index in [1.807, 2.05) is 17.9 Å². The van der Waals surface area contributed by atoms with Crippen LogP contribution in [-0.4, -0.2) is 39.9 Å². The van der Waals surface area contributed by atoms with Gasteiger partial charge in [-0.1, -0.05) is 6.42 Å². The van der Waals surface area contributed by atoms with Crippen molar-refractivity contribution < 1.29 is 0 Å². The Morgan fingerprint density at radius 1 is 1.33 bits per heavy atom. The van der Waals surface area contributed by atoms with Crippen molar-refractivity contribution in [3.05, 3.63) is 17.5 Å². The molecule has 2 fully saturated rings. The minimum atomic E-state index is 0.590. The Labute approximate surface area is 128 Å². The summed E-state index contributed by atoms with van der Waals surface area (Å²) in [5.41, 5.74) is 2.60.